The molecule has 5 heteroatoms. The lowest BCUT2D eigenvalue weighted by atomic mass is 10.1. The van der Waals surface area contributed by atoms with Gasteiger partial charge in [0.1, 0.15) is 11.9 Å². The van der Waals surface area contributed by atoms with Crippen molar-refractivity contribution in [1.29, 1.82) is 5.26 Å². The van der Waals surface area contributed by atoms with Gasteiger partial charge in [0.2, 0.25) is 0 Å². The number of nitrogens with one attached hydrogen (secondary N) is 1. The summed E-state index contributed by atoms with van der Waals surface area (Å²) in [4.78, 5) is 15.0. The van der Waals surface area contributed by atoms with E-state index in [4.69, 9.17) is 10.4 Å². The Balaban J connectivity index is 2.10. The summed E-state index contributed by atoms with van der Waals surface area (Å²) in [6, 6.07) is 4.01. The number of carboxylic acids is 1. The van der Waals surface area contributed by atoms with Crippen LogP contribution in [0.4, 0.5) is 5.82 Å². The number of nitrogens with zero attached hydrogens (tertiary/aromatic N) is 2. The van der Waals surface area contributed by atoms with E-state index in [0.29, 0.717) is 24.2 Å². The zero-order chi connectivity index (χ0) is 13.1. The number of aryl methyl sites for hydroxylation is 1. The van der Waals surface area contributed by atoms with Crippen molar-refractivity contribution >= 4 is 11.8 Å². The molecule has 2 atom stereocenters. The summed E-state index contributed by atoms with van der Waals surface area (Å²) in [7, 11) is 0. The third-order valence-electron chi connectivity index (χ3n) is 3.39. The van der Waals surface area contributed by atoms with Crippen molar-refractivity contribution in [3.8, 4) is 6.07 Å². The van der Waals surface area contributed by atoms with Gasteiger partial charge in [0.15, 0.2) is 0 Å². The molecule has 0 radical (unpaired) electrons. The van der Waals surface area contributed by atoms with E-state index in [2.05, 4.69) is 16.4 Å². The molecule has 0 spiro atoms. The average Bonchev–Trinajstić information content (AvgIpc) is 2.78. The van der Waals surface area contributed by atoms with Crippen molar-refractivity contribution < 1.29 is 9.90 Å². The first-order chi connectivity index (χ1) is 8.61. The Kier molecular flexibility index (Phi) is 3.47. The fraction of sp³-hybridized carbons (Fsp3) is 0.462. The molecule has 1 saturated carbocycles. The predicted molar refractivity (Wildman–Crippen MR) is 66.1 cm³/mol. The van der Waals surface area contributed by atoms with Crippen LogP contribution < -0.4 is 5.32 Å². The molecule has 0 amide bonds. The van der Waals surface area contributed by atoms with Gasteiger partial charge in [-0.1, -0.05) is 0 Å². The van der Waals surface area contributed by atoms with E-state index in [0.717, 1.165) is 12.0 Å². The number of anilines is 1. The van der Waals surface area contributed by atoms with Crippen LogP contribution in [0.2, 0.25) is 0 Å². The van der Waals surface area contributed by atoms with Gasteiger partial charge in [0, 0.05) is 12.2 Å². The highest BCUT2D eigenvalue weighted by molar-refractivity contribution is 5.70. The molecular weight excluding hydrogens is 230 g/mol. The smallest absolute Gasteiger partial charge is 0.306 e. The molecule has 0 aromatic carbocycles. The second-order valence-electron chi connectivity index (χ2n) is 4.65. The first-order valence-electron chi connectivity index (χ1n) is 5.97. The Hall–Kier alpha value is -2.09. The van der Waals surface area contributed by atoms with Gasteiger partial charge >= 0.3 is 5.97 Å². The average molecular weight is 245 g/mol. The van der Waals surface area contributed by atoms with Crippen LogP contribution in [0.15, 0.2) is 12.3 Å². The lowest BCUT2D eigenvalue weighted by Crippen LogP contribution is -2.19. The van der Waals surface area contributed by atoms with Crippen LogP contribution in [0.25, 0.3) is 0 Å². The molecule has 0 saturated heterocycles. The van der Waals surface area contributed by atoms with E-state index in [1.165, 1.54) is 0 Å². The third kappa shape index (κ3) is 2.43. The van der Waals surface area contributed by atoms with E-state index in [1.54, 1.807) is 12.3 Å². The van der Waals surface area contributed by atoms with E-state index >= 15 is 0 Å². The summed E-state index contributed by atoms with van der Waals surface area (Å²) in [5.74, 6) is -0.455. The maximum atomic E-state index is 10.9. The molecule has 1 heterocycles. The van der Waals surface area contributed by atoms with Crippen LogP contribution in [0, 0.1) is 24.2 Å². The highest BCUT2D eigenvalue weighted by Gasteiger charge is 2.30. The molecule has 1 fully saturated rings. The molecule has 0 aliphatic heterocycles. The minimum atomic E-state index is -0.739. The van der Waals surface area contributed by atoms with Crippen LogP contribution in [-0.2, 0) is 4.79 Å². The van der Waals surface area contributed by atoms with E-state index < -0.39 is 5.97 Å². The fourth-order valence-corrected chi connectivity index (χ4v) is 2.34. The molecule has 18 heavy (non-hydrogen) atoms. The van der Waals surface area contributed by atoms with Gasteiger partial charge in [-0.05, 0) is 37.8 Å². The number of hydrogen-bond acceptors (Lipinski definition) is 4. The van der Waals surface area contributed by atoms with Crippen molar-refractivity contribution in [2.45, 2.75) is 32.2 Å². The summed E-state index contributed by atoms with van der Waals surface area (Å²) in [5.41, 5.74) is 1.42. The number of rotatable bonds is 3. The van der Waals surface area contributed by atoms with Gasteiger partial charge in [0.25, 0.3) is 0 Å². The number of aliphatic carboxylic acids is 1. The number of nitriles is 1. The molecule has 5 nitrogen and oxygen atoms in total. The summed E-state index contributed by atoms with van der Waals surface area (Å²) >= 11 is 0. The SMILES string of the molecule is Cc1ccnc(NC2CCC(C(=O)O)C2)c1C#N. The molecule has 1 aromatic rings. The molecule has 1 aliphatic carbocycles. The monoisotopic (exact) mass is 245 g/mol. The Morgan fingerprint density at radius 3 is 3.00 bits per heavy atom. The minimum absolute atomic E-state index is 0.0903. The second kappa shape index (κ2) is 5.05. The maximum absolute atomic E-state index is 10.9. The van der Waals surface area contributed by atoms with Crippen molar-refractivity contribution in [2.75, 3.05) is 5.32 Å². The zero-order valence-corrected chi connectivity index (χ0v) is 10.2. The summed E-state index contributed by atoms with van der Waals surface area (Å²) < 4.78 is 0. The third-order valence-corrected chi connectivity index (χ3v) is 3.39. The molecular formula is C13H15N3O2. The number of aromatic nitrogens is 1. The largest absolute Gasteiger partial charge is 0.481 e. The van der Waals surface area contributed by atoms with Crippen LogP contribution in [-0.4, -0.2) is 22.1 Å². The highest BCUT2D eigenvalue weighted by Crippen LogP contribution is 2.29. The van der Waals surface area contributed by atoms with Crippen molar-refractivity contribution in [3.63, 3.8) is 0 Å². The molecule has 1 aliphatic rings. The lowest BCUT2D eigenvalue weighted by molar-refractivity contribution is -0.141. The van der Waals surface area contributed by atoms with Crippen molar-refractivity contribution in [3.05, 3.63) is 23.4 Å². The number of carboxylic acid groups (broad SMARTS) is 1. The van der Waals surface area contributed by atoms with Crippen LogP contribution in [0.5, 0.6) is 0 Å². The summed E-state index contributed by atoms with van der Waals surface area (Å²) in [6.45, 7) is 1.86. The number of hydrogen-bond donors (Lipinski definition) is 2. The quantitative estimate of drug-likeness (QED) is 0.849. The van der Waals surface area contributed by atoms with Crippen molar-refractivity contribution in [1.82, 2.24) is 4.98 Å². The minimum Gasteiger partial charge on any atom is -0.481 e. The van der Waals surface area contributed by atoms with E-state index in [9.17, 15) is 4.79 Å². The first-order valence-corrected chi connectivity index (χ1v) is 5.97. The topological polar surface area (TPSA) is 86.0 Å². The molecule has 2 N–H and O–H groups in total. The van der Waals surface area contributed by atoms with Gasteiger partial charge in [-0.15, -0.1) is 0 Å². The second-order valence-corrected chi connectivity index (χ2v) is 4.65. The molecule has 0 bridgehead atoms. The van der Waals surface area contributed by atoms with Gasteiger partial charge in [-0.2, -0.15) is 5.26 Å². The predicted octanol–water partition coefficient (Wildman–Crippen LogP) is 1.93. The number of pyridine rings is 1. The molecule has 94 valence electrons. The normalized spacial score (nSPS) is 22.4. The Morgan fingerprint density at radius 2 is 2.39 bits per heavy atom. The van der Waals surface area contributed by atoms with E-state index in [-0.39, 0.29) is 12.0 Å². The Bertz CT molecular complexity index is 507. The first kappa shape index (κ1) is 12.4. The van der Waals surface area contributed by atoms with Gasteiger partial charge in [-0.25, -0.2) is 4.98 Å². The zero-order valence-electron chi connectivity index (χ0n) is 10.2. The van der Waals surface area contributed by atoms with Crippen LogP contribution in [0.1, 0.15) is 30.4 Å². The molecule has 2 unspecified atom stereocenters. The Labute approximate surface area is 105 Å². The number of carbonyl (C=O) groups is 1. The maximum Gasteiger partial charge on any atom is 0.306 e. The summed E-state index contributed by atoms with van der Waals surface area (Å²) in [5, 5.41) is 21.2. The Morgan fingerprint density at radius 1 is 1.61 bits per heavy atom. The standard InChI is InChI=1S/C13H15N3O2/c1-8-4-5-15-12(11(8)7-14)16-10-3-2-9(6-10)13(17)18/h4-5,9-10H,2-3,6H2,1H3,(H,15,16)(H,17,18). The highest BCUT2D eigenvalue weighted by atomic mass is 16.4. The molecule has 1 aromatic heterocycles. The molecule has 2 rings (SSSR count). The van der Waals surface area contributed by atoms with Gasteiger partial charge in [-0.3, -0.25) is 4.79 Å². The van der Waals surface area contributed by atoms with Gasteiger partial charge < -0.3 is 10.4 Å². The van der Waals surface area contributed by atoms with Crippen LogP contribution >= 0.6 is 0 Å². The lowest BCUT2D eigenvalue weighted by Gasteiger charge is -2.14. The van der Waals surface area contributed by atoms with Gasteiger partial charge in [0.05, 0.1) is 11.5 Å². The fourth-order valence-electron chi connectivity index (χ4n) is 2.34. The van der Waals surface area contributed by atoms with Crippen LogP contribution in [0.3, 0.4) is 0 Å². The summed E-state index contributed by atoms with van der Waals surface area (Å²) in [6.07, 6.45) is 3.73. The van der Waals surface area contributed by atoms with E-state index in [1.807, 2.05) is 6.92 Å². The van der Waals surface area contributed by atoms with Crippen molar-refractivity contribution in [2.24, 2.45) is 5.92 Å².